The van der Waals surface area contributed by atoms with E-state index in [2.05, 4.69) is 10.2 Å². The van der Waals surface area contributed by atoms with Crippen molar-refractivity contribution in [2.45, 2.75) is 5.41 Å². The van der Waals surface area contributed by atoms with Gasteiger partial charge in [0.2, 0.25) is 5.91 Å². The van der Waals surface area contributed by atoms with E-state index in [0.29, 0.717) is 42.5 Å². The number of ether oxygens (including phenoxy) is 4. The molecule has 0 spiro atoms. The van der Waals surface area contributed by atoms with Crippen LogP contribution in [0.5, 0.6) is 5.75 Å². The van der Waals surface area contributed by atoms with E-state index >= 15 is 0 Å². The molecule has 5 rings (SSSR count). The van der Waals surface area contributed by atoms with Crippen LogP contribution in [0.1, 0.15) is 16.7 Å². The van der Waals surface area contributed by atoms with Gasteiger partial charge >= 0.3 is 6.16 Å². The lowest BCUT2D eigenvalue weighted by atomic mass is 9.70. The number of morpholine rings is 1. The Hall–Kier alpha value is -3.57. The minimum atomic E-state index is -1.50. The Bertz CT molecular complexity index is 1350. The van der Waals surface area contributed by atoms with Crippen LogP contribution < -0.4 is 10.1 Å². The van der Waals surface area contributed by atoms with Crippen molar-refractivity contribution < 1.29 is 37.3 Å². The van der Waals surface area contributed by atoms with Gasteiger partial charge in [-0.1, -0.05) is 41.9 Å². The van der Waals surface area contributed by atoms with Crippen molar-refractivity contribution in [1.29, 1.82) is 0 Å². The van der Waals surface area contributed by atoms with Gasteiger partial charge in [-0.05, 0) is 41.5 Å². The molecule has 1 atom stereocenters. The van der Waals surface area contributed by atoms with E-state index in [-0.39, 0.29) is 23.8 Å². The third-order valence-electron chi connectivity index (χ3n) is 6.76. The maximum Gasteiger partial charge on any atom is 0.515 e. The number of amides is 1. The van der Waals surface area contributed by atoms with E-state index in [9.17, 15) is 18.4 Å². The van der Waals surface area contributed by atoms with Crippen molar-refractivity contribution in [1.82, 2.24) is 4.90 Å². The molecule has 2 aliphatic heterocycles. The number of rotatable bonds is 8. The Morgan fingerprint density at radius 2 is 1.67 bits per heavy atom. The van der Waals surface area contributed by atoms with Crippen LogP contribution in [0.2, 0.25) is 5.02 Å². The number of anilines is 1. The van der Waals surface area contributed by atoms with E-state index in [4.69, 9.17) is 30.5 Å². The lowest BCUT2D eigenvalue weighted by Crippen LogP contribution is -2.38. The fourth-order valence-corrected chi connectivity index (χ4v) is 4.95. The third kappa shape index (κ3) is 5.46. The lowest BCUT2D eigenvalue weighted by molar-refractivity contribution is -0.118. The second-order valence-electron chi connectivity index (χ2n) is 9.00. The van der Waals surface area contributed by atoms with Crippen LogP contribution >= 0.6 is 11.6 Å². The van der Waals surface area contributed by atoms with Crippen LogP contribution in [-0.4, -0.2) is 63.2 Å². The standard InChI is InChI=1S/C28H25ClF2N2O6/c29-20-5-1-18(2-6-20)28(22-9-10-23(30)24(31)25(22)32-26(28)34)19-3-7-21(8-4-19)39-27(35)38-17-37-16-13-33-11-14-36-15-12-33/h1-10H,11-17H2,(H,32,34). The summed E-state index contributed by atoms with van der Waals surface area (Å²) in [7, 11) is 0. The molecule has 8 nitrogen and oxygen atoms in total. The molecule has 0 radical (unpaired) electrons. The first-order valence-electron chi connectivity index (χ1n) is 12.3. The Morgan fingerprint density at radius 1 is 1.00 bits per heavy atom. The van der Waals surface area contributed by atoms with Gasteiger partial charge < -0.3 is 24.3 Å². The first kappa shape index (κ1) is 27.0. The highest BCUT2D eigenvalue weighted by molar-refractivity contribution is 6.30. The van der Waals surface area contributed by atoms with E-state index < -0.39 is 29.1 Å². The van der Waals surface area contributed by atoms with Gasteiger partial charge in [0, 0.05) is 30.2 Å². The number of hydrogen-bond donors (Lipinski definition) is 1. The normalized spacial score (nSPS) is 18.9. The predicted octanol–water partition coefficient (Wildman–Crippen LogP) is 4.73. The highest BCUT2D eigenvalue weighted by Gasteiger charge is 2.51. The van der Waals surface area contributed by atoms with Gasteiger partial charge in [0.1, 0.15) is 11.2 Å². The number of nitrogens with one attached hydrogen (secondary N) is 1. The highest BCUT2D eigenvalue weighted by atomic mass is 35.5. The molecule has 1 unspecified atom stereocenters. The highest BCUT2D eigenvalue weighted by Crippen LogP contribution is 2.49. The number of carbonyl (C=O) groups excluding carboxylic acids is 2. The molecule has 0 bridgehead atoms. The van der Waals surface area contributed by atoms with Crippen molar-refractivity contribution in [3.8, 4) is 5.75 Å². The molecule has 1 amide bonds. The van der Waals surface area contributed by atoms with Crippen LogP contribution in [0.25, 0.3) is 0 Å². The van der Waals surface area contributed by atoms with Crippen LogP contribution in [0.3, 0.4) is 0 Å². The fourth-order valence-electron chi connectivity index (χ4n) is 4.82. The Morgan fingerprint density at radius 3 is 2.36 bits per heavy atom. The monoisotopic (exact) mass is 558 g/mol. The molecule has 1 N–H and O–H groups in total. The van der Waals surface area contributed by atoms with Crippen LogP contribution in [0.4, 0.5) is 19.3 Å². The van der Waals surface area contributed by atoms with E-state index in [1.54, 1.807) is 36.4 Å². The zero-order valence-corrected chi connectivity index (χ0v) is 21.5. The summed E-state index contributed by atoms with van der Waals surface area (Å²) in [6.45, 7) is 3.88. The summed E-state index contributed by atoms with van der Waals surface area (Å²) >= 11 is 6.06. The summed E-state index contributed by atoms with van der Waals surface area (Å²) in [5.74, 6) is -2.63. The molecule has 39 heavy (non-hydrogen) atoms. The molecule has 0 aromatic heterocycles. The van der Waals surface area contributed by atoms with Crippen molar-refractivity contribution >= 4 is 29.4 Å². The average molecular weight is 559 g/mol. The molecular weight excluding hydrogens is 534 g/mol. The van der Waals surface area contributed by atoms with E-state index in [1.807, 2.05) is 0 Å². The first-order valence-corrected chi connectivity index (χ1v) is 12.7. The van der Waals surface area contributed by atoms with Crippen molar-refractivity contribution in [2.75, 3.05) is 51.6 Å². The molecule has 2 heterocycles. The molecule has 1 fully saturated rings. The van der Waals surface area contributed by atoms with Gasteiger partial charge in [-0.2, -0.15) is 0 Å². The minimum Gasteiger partial charge on any atom is -0.407 e. The smallest absolute Gasteiger partial charge is 0.407 e. The molecular formula is C28H25ClF2N2O6. The van der Waals surface area contributed by atoms with Gasteiger partial charge in [-0.15, -0.1) is 0 Å². The zero-order chi connectivity index (χ0) is 27.4. The molecule has 3 aromatic rings. The van der Waals surface area contributed by atoms with Crippen LogP contribution in [-0.2, 0) is 24.4 Å². The van der Waals surface area contributed by atoms with Gasteiger partial charge in [-0.3, -0.25) is 9.69 Å². The summed E-state index contributed by atoms with van der Waals surface area (Å²) in [6, 6.07) is 15.0. The quantitative estimate of drug-likeness (QED) is 0.185. The van der Waals surface area contributed by atoms with E-state index in [0.717, 1.165) is 19.2 Å². The Labute approximate surface area is 228 Å². The second kappa shape index (κ2) is 11.7. The molecule has 0 saturated carbocycles. The molecule has 204 valence electrons. The number of halogens is 3. The summed E-state index contributed by atoms with van der Waals surface area (Å²) in [5, 5.41) is 2.94. The summed E-state index contributed by atoms with van der Waals surface area (Å²) in [4.78, 5) is 27.8. The topological polar surface area (TPSA) is 86.3 Å². The van der Waals surface area contributed by atoms with Gasteiger partial charge in [-0.25, -0.2) is 13.6 Å². The second-order valence-corrected chi connectivity index (χ2v) is 9.43. The summed E-state index contributed by atoms with van der Waals surface area (Å²) in [5.41, 5.74) is -0.541. The first-order chi connectivity index (χ1) is 18.9. The van der Waals surface area contributed by atoms with Crippen LogP contribution in [0, 0.1) is 11.6 Å². The number of carbonyl (C=O) groups is 2. The largest absolute Gasteiger partial charge is 0.515 e. The number of benzene rings is 3. The molecule has 11 heteroatoms. The zero-order valence-electron chi connectivity index (χ0n) is 20.8. The number of nitrogens with zero attached hydrogens (tertiary/aromatic N) is 1. The molecule has 2 aliphatic rings. The van der Waals surface area contributed by atoms with Crippen molar-refractivity contribution in [2.24, 2.45) is 0 Å². The van der Waals surface area contributed by atoms with Crippen molar-refractivity contribution in [3.05, 3.63) is 94.0 Å². The summed E-state index contributed by atoms with van der Waals surface area (Å²) in [6.07, 6.45) is -0.956. The maximum atomic E-state index is 14.7. The predicted molar refractivity (Wildman–Crippen MR) is 138 cm³/mol. The van der Waals surface area contributed by atoms with Crippen molar-refractivity contribution in [3.63, 3.8) is 0 Å². The third-order valence-corrected chi connectivity index (χ3v) is 7.01. The average Bonchev–Trinajstić information content (AvgIpc) is 3.25. The van der Waals surface area contributed by atoms with Gasteiger partial charge in [0.05, 0.1) is 25.5 Å². The Balaban J connectivity index is 1.30. The SMILES string of the molecule is O=C(OCOCCN1CCOCC1)Oc1ccc(C2(c3ccc(Cl)cc3)C(=O)Nc3c2ccc(F)c3F)cc1. The van der Waals surface area contributed by atoms with E-state index in [1.165, 1.54) is 18.2 Å². The number of hydrogen-bond acceptors (Lipinski definition) is 7. The Kier molecular flexibility index (Phi) is 8.08. The van der Waals surface area contributed by atoms with Crippen LogP contribution in [0.15, 0.2) is 60.7 Å². The lowest BCUT2D eigenvalue weighted by Gasteiger charge is -2.29. The summed E-state index contributed by atoms with van der Waals surface area (Å²) < 4.78 is 49.5. The molecule has 1 saturated heterocycles. The minimum absolute atomic E-state index is 0.159. The van der Waals surface area contributed by atoms with Gasteiger partial charge in [0.15, 0.2) is 18.4 Å². The molecule has 0 aliphatic carbocycles. The maximum absolute atomic E-state index is 14.7. The fraction of sp³-hybridized carbons (Fsp3) is 0.286. The molecule has 3 aromatic carbocycles. The van der Waals surface area contributed by atoms with Gasteiger partial charge in [0.25, 0.3) is 0 Å². The number of fused-ring (bicyclic) bond motifs is 1.